The van der Waals surface area contributed by atoms with E-state index >= 15 is 0 Å². The van der Waals surface area contributed by atoms with Gasteiger partial charge in [-0.2, -0.15) is 13.2 Å². The lowest BCUT2D eigenvalue weighted by Gasteiger charge is -2.17. The summed E-state index contributed by atoms with van der Waals surface area (Å²) in [5.41, 5.74) is 4.60. The molecule has 128 valence electrons. The second-order valence-electron chi connectivity index (χ2n) is 5.19. The van der Waals surface area contributed by atoms with Crippen LogP contribution in [-0.2, 0) is 15.7 Å². The quantitative estimate of drug-likeness (QED) is 0.869. The van der Waals surface area contributed by atoms with Gasteiger partial charge in [0.2, 0.25) is 0 Å². The van der Waals surface area contributed by atoms with Gasteiger partial charge in [-0.25, -0.2) is 0 Å². The topological polar surface area (TPSA) is 73.6 Å². The van der Waals surface area contributed by atoms with Crippen LogP contribution in [0.25, 0.3) is 0 Å². The highest BCUT2D eigenvalue weighted by atomic mass is 19.4. The Morgan fingerprint density at radius 3 is 2.74 bits per heavy atom. The smallest absolute Gasteiger partial charge is 0.416 e. The van der Waals surface area contributed by atoms with Crippen molar-refractivity contribution in [3.63, 3.8) is 0 Å². The number of benzene rings is 1. The third-order valence-electron chi connectivity index (χ3n) is 3.53. The molecule has 8 heteroatoms. The van der Waals surface area contributed by atoms with Gasteiger partial charge in [0.1, 0.15) is 11.9 Å². The molecule has 0 aromatic heterocycles. The fourth-order valence-electron chi connectivity index (χ4n) is 2.37. The minimum Gasteiger partial charge on any atom is -0.492 e. The second-order valence-corrected chi connectivity index (χ2v) is 5.19. The number of rotatable bonds is 5. The van der Waals surface area contributed by atoms with E-state index in [1.54, 1.807) is 6.92 Å². The van der Waals surface area contributed by atoms with Crippen molar-refractivity contribution in [3.05, 3.63) is 23.8 Å². The van der Waals surface area contributed by atoms with Gasteiger partial charge >= 0.3 is 6.18 Å². The van der Waals surface area contributed by atoms with Crippen LogP contribution in [0.15, 0.2) is 18.2 Å². The van der Waals surface area contributed by atoms with Crippen molar-refractivity contribution in [1.29, 1.82) is 0 Å². The minimum atomic E-state index is -4.50. The van der Waals surface area contributed by atoms with Crippen molar-refractivity contribution >= 4 is 11.6 Å². The van der Waals surface area contributed by atoms with Crippen LogP contribution in [0.3, 0.4) is 0 Å². The van der Waals surface area contributed by atoms with Gasteiger partial charge in [0.25, 0.3) is 5.91 Å². The Balaban J connectivity index is 2.17. The van der Waals surface area contributed by atoms with E-state index in [0.717, 1.165) is 12.1 Å². The average Bonchev–Trinajstić information content (AvgIpc) is 2.97. The van der Waals surface area contributed by atoms with Gasteiger partial charge in [0.05, 0.1) is 24.0 Å². The SMILES string of the molecule is CCOc1ccc(C(F)(F)F)cc1NC(=O)[C@@H]1CC[C@H](CN)O1. The second kappa shape index (κ2) is 7.18. The van der Waals surface area contributed by atoms with E-state index in [9.17, 15) is 18.0 Å². The molecule has 0 saturated carbocycles. The zero-order chi connectivity index (χ0) is 17.0. The van der Waals surface area contributed by atoms with Crippen molar-refractivity contribution < 1.29 is 27.4 Å². The van der Waals surface area contributed by atoms with Gasteiger partial charge in [-0.3, -0.25) is 4.79 Å². The Bertz CT molecular complexity index is 563. The Kier molecular flexibility index (Phi) is 5.48. The lowest BCUT2D eigenvalue weighted by atomic mass is 10.1. The molecule has 1 saturated heterocycles. The molecular formula is C15H19F3N2O3. The summed E-state index contributed by atoms with van der Waals surface area (Å²) in [6.45, 7) is 2.27. The van der Waals surface area contributed by atoms with Crippen molar-refractivity contribution in [2.45, 2.75) is 38.1 Å². The number of nitrogens with two attached hydrogens (primary N) is 1. The molecular weight excluding hydrogens is 313 g/mol. The molecule has 1 aromatic carbocycles. The Morgan fingerprint density at radius 2 is 2.17 bits per heavy atom. The third kappa shape index (κ3) is 4.35. The summed E-state index contributed by atoms with van der Waals surface area (Å²) in [5.74, 6) is -0.316. The maximum atomic E-state index is 12.8. The first-order valence-electron chi connectivity index (χ1n) is 7.35. The fourth-order valence-corrected chi connectivity index (χ4v) is 2.37. The highest BCUT2D eigenvalue weighted by Gasteiger charge is 2.33. The molecule has 1 aliphatic heterocycles. The summed E-state index contributed by atoms with van der Waals surface area (Å²) < 4.78 is 49.2. The van der Waals surface area contributed by atoms with E-state index < -0.39 is 23.8 Å². The first-order valence-corrected chi connectivity index (χ1v) is 7.35. The number of halogens is 3. The lowest BCUT2D eigenvalue weighted by Crippen LogP contribution is -2.30. The number of alkyl halides is 3. The molecule has 5 nitrogen and oxygen atoms in total. The van der Waals surface area contributed by atoms with Crippen LogP contribution < -0.4 is 15.8 Å². The first kappa shape index (κ1) is 17.6. The maximum Gasteiger partial charge on any atom is 0.416 e. The number of nitrogens with one attached hydrogen (secondary N) is 1. The van der Waals surface area contributed by atoms with Crippen LogP contribution in [0, 0.1) is 0 Å². The largest absolute Gasteiger partial charge is 0.492 e. The lowest BCUT2D eigenvalue weighted by molar-refractivity contribution is -0.137. The Labute approximate surface area is 131 Å². The molecule has 3 N–H and O–H groups in total. The summed E-state index contributed by atoms with van der Waals surface area (Å²) in [4.78, 5) is 12.2. The highest BCUT2D eigenvalue weighted by molar-refractivity contribution is 5.95. The van der Waals surface area contributed by atoms with Crippen LogP contribution in [0.1, 0.15) is 25.3 Å². The molecule has 1 fully saturated rings. The van der Waals surface area contributed by atoms with E-state index in [2.05, 4.69) is 5.32 Å². The van der Waals surface area contributed by atoms with E-state index in [1.807, 2.05) is 0 Å². The molecule has 23 heavy (non-hydrogen) atoms. The predicted octanol–water partition coefficient (Wildman–Crippen LogP) is 2.55. The zero-order valence-electron chi connectivity index (χ0n) is 12.7. The molecule has 1 heterocycles. The summed E-state index contributed by atoms with van der Waals surface area (Å²) in [6, 6.07) is 2.97. The van der Waals surface area contributed by atoms with Crippen molar-refractivity contribution in [3.8, 4) is 5.75 Å². The van der Waals surface area contributed by atoms with Crippen molar-refractivity contribution in [2.24, 2.45) is 5.73 Å². The number of carbonyl (C=O) groups is 1. The molecule has 2 atom stereocenters. The van der Waals surface area contributed by atoms with Gasteiger partial charge in [0, 0.05) is 6.54 Å². The van der Waals surface area contributed by atoms with Gasteiger partial charge < -0.3 is 20.5 Å². The summed E-state index contributed by atoms with van der Waals surface area (Å²) in [7, 11) is 0. The zero-order valence-corrected chi connectivity index (χ0v) is 12.7. The van der Waals surface area contributed by atoms with Gasteiger partial charge in [-0.15, -0.1) is 0 Å². The molecule has 0 bridgehead atoms. The van der Waals surface area contributed by atoms with E-state index in [-0.39, 0.29) is 24.1 Å². The average molecular weight is 332 g/mol. The van der Waals surface area contributed by atoms with Gasteiger partial charge in [-0.1, -0.05) is 0 Å². The summed E-state index contributed by atoms with van der Waals surface area (Å²) in [5, 5.41) is 2.46. The number of hydrogen-bond acceptors (Lipinski definition) is 4. The molecule has 1 amide bonds. The molecule has 0 spiro atoms. The molecule has 0 unspecified atom stereocenters. The number of anilines is 1. The minimum absolute atomic E-state index is 0.0218. The van der Waals surface area contributed by atoms with Crippen LogP contribution in [-0.4, -0.2) is 31.3 Å². The van der Waals surface area contributed by atoms with Crippen molar-refractivity contribution in [2.75, 3.05) is 18.5 Å². The summed E-state index contributed by atoms with van der Waals surface area (Å²) in [6.07, 6.45) is -4.28. The molecule has 1 aromatic rings. The van der Waals surface area contributed by atoms with Crippen molar-refractivity contribution in [1.82, 2.24) is 0 Å². The van der Waals surface area contributed by atoms with Crippen LogP contribution >= 0.6 is 0 Å². The monoisotopic (exact) mass is 332 g/mol. The summed E-state index contributed by atoms with van der Waals surface area (Å²) >= 11 is 0. The molecule has 0 radical (unpaired) electrons. The number of amides is 1. The molecule has 0 aliphatic carbocycles. The first-order chi connectivity index (χ1) is 10.8. The third-order valence-corrected chi connectivity index (χ3v) is 3.53. The molecule has 1 aliphatic rings. The van der Waals surface area contributed by atoms with E-state index in [4.69, 9.17) is 15.2 Å². The fraction of sp³-hybridized carbons (Fsp3) is 0.533. The van der Waals surface area contributed by atoms with E-state index in [0.29, 0.717) is 19.4 Å². The normalized spacial score (nSPS) is 21.3. The van der Waals surface area contributed by atoms with Gasteiger partial charge in [-0.05, 0) is 38.0 Å². The van der Waals surface area contributed by atoms with E-state index in [1.165, 1.54) is 6.07 Å². The number of ether oxygens (including phenoxy) is 2. The van der Waals surface area contributed by atoms with Gasteiger partial charge in [0.15, 0.2) is 0 Å². The molecule has 2 rings (SSSR count). The Hall–Kier alpha value is -1.80. The van der Waals surface area contributed by atoms with Crippen LogP contribution in [0.5, 0.6) is 5.75 Å². The predicted molar refractivity (Wildman–Crippen MR) is 78.2 cm³/mol. The van der Waals surface area contributed by atoms with Crippen LogP contribution in [0.4, 0.5) is 18.9 Å². The Morgan fingerprint density at radius 1 is 1.43 bits per heavy atom. The maximum absolute atomic E-state index is 12.8. The highest BCUT2D eigenvalue weighted by Crippen LogP contribution is 2.35. The van der Waals surface area contributed by atoms with Crippen LogP contribution in [0.2, 0.25) is 0 Å². The number of hydrogen-bond donors (Lipinski definition) is 2. The standard InChI is InChI=1S/C15H19F3N2O3/c1-2-22-12-5-3-9(15(16,17)18)7-11(12)20-14(21)13-6-4-10(8-19)23-13/h3,5,7,10,13H,2,4,6,8,19H2,1H3,(H,20,21)/t10-,13+/m1/s1. The number of carbonyl (C=O) groups excluding carboxylic acids is 1.